The molecule has 3 unspecified atom stereocenters. The van der Waals surface area contributed by atoms with Crippen LogP contribution in [0.15, 0.2) is 12.2 Å². The molecule has 2 aliphatic rings. The molecule has 0 radical (unpaired) electrons. The van der Waals surface area contributed by atoms with Crippen molar-refractivity contribution in [2.24, 2.45) is 11.8 Å². The van der Waals surface area contributed by atoms with Crippen molar-refractivity contribution in [2.75, 3.05) is 6.54 Å². The standard InChI is InChI=1S/C24H37NO4/c1-19-9-8-10-20(17-19)18-22(26)15-14-21-11-5-6-12-23(27)25(21)16-7-3-2-4-13-24(28)29/h14-15,19-22,26H,2,4-6,8-13,16-18H2,1H3,(H,28,29)/t19?,20?,21-,22?/m1/s1. The number of aliphatic hydroxyl groups excluding tert-OH is 1. The van der Waals surface area contributed by atoms with Gasteiger partial charge >= 0.3 is 5.97 Å². The molecule has 1 saturated carbocycles. The van der Waals surface area contributed by atoms with Crippen molar-refractivity contribution in [1.82, 2.24) is 4.90 Å². The van der Waals surface area contributed by atoms with E-state index in [1.54, 1.807) is 0 Å². The molecular weight excluding hydrogens is 366 g/mol. The topological polar surface area (TPSA) is 77.8 Å². The first kappa shape index (κ1) is 23.5. The number of carbonyl (C=O) groups is 2. The molecule has 0 aromatic heterocycles. The van der Waals surface area contributed by atoms with Crippen molar-refractivity contribution in [3.63, 3.8) is 0 Å². The lowest BCUT2D eigenvalue weighted by Gasteiger charge is -2.28. The quantitative estimate of drug-likeness (QED) is 0.363. The summed E-state index contributed by atoms with van der Waals surface area (Å²) in [5.74, 6) is 6.70. The zero-order chi connectivity index (χ0) is 21.1. The normalized spacial score (nSPS) is 26.6. The predicted molar refractivity (Wildman–Crippen MR) is 114 cm³/mol. The molecule has 0 bridgehead atoms. The molecule has 2 rings (SSSR count). The van der Waals surface area contributed by atoms with Gasteiger partial charge in [0.15, 0.2) is 0 Å². The highest BCUT2D eigenvalue weighted by molar-refractivity contribution is 5.77. The Morgan fingerprint density at radius 3 is 2.83 bits per heavy atom. The number of aliphatic hydroxyl groups is 1. The third-order valence-corrected chi connectivity index (χ3v) is 6.10. The molecule has 1 amide bonds. The van der Waals surface area contributed by atoms with Crippen LogP contribution in [0.3, 0.4) is 0 Å². The van der Waals surface area contributed by atoms with Gasteiger partial charge in [0.25, 0.3) is 0 Å². The molecule has 4 atom stereocenters. The third kappa shape index (κ3) is 9.04. The van der Waals surface area contributed by atoms with Crippen molar-refractivity contribution >= 4 is 11.9 Å². The van der Waals surface area contributed by atoms with Gasteiger partial charge in [0.05, 0.1) is 18.7 Å². The summed E-state index contributed by atoms with van der Waals surface area (Å²) in [7, 11) is 0. The van der Waals surface area contributed by atoms with Crippen LogP contribution >= 0.6 is 0 Å². The summed E-state index contributed by atoms with van der Waals surface area (Å²) in [6, 6.07) is -0.0155. The highest BCUT2D eigenvalue weighted by atomic mass is 16.4. The number of carboxylic acid groups (broad SMARTS) is 1. The smallest absolute Gasteiger partial charge is 0.303 e. The number of carbonyl (C=O) groups excluding carboxylic acids is 1. The highest BCUT2D eigenvalue weighted by Crippen LogP contribution is 2.31. The zero-order valence-electron chi connectivity index (χ0n) is 17.8. The molecule has 0 aromatic carbocycles. The molecule has 0 aromatic rings. The maximum atomic E-state index is 12.5. The number of hydrogen-bond donors (Lipinski definition) is 2. The molecular formula is C24H37NO4. The van der Waals surface area contributed by atoms with E-state index in [9.17, 15) is 14.7 Å². The van der Waals surface area contributed by atoms with Gasteiger partial charge in [0.2, 0.25) is 5.91 Å². The molecule has 0 spiro atoms. The van der Waals surface area contributed by atoms with Crippen LogP contribution in [0.1, 0.15) is 84.0 Å². The van der Waals surface area contributed by atoms with Crippen LogP contribution in [-0.2, 0) is 9.59 Å². The highest BCUT2D eigenvalue weighted by Gasteiger charge is 2.24. The summed E-state index contributed by atoms with van der Waals surface area (Å²) in [5.41, 5.74) is 0. The average molecular weight is 404 g/mol. The average Bonchev–Trinajstić information content (AvgIpc) is 2.84. The fraction of sp³-hybridized carbons (Fsp3) is 0.750. The van der Waals surface area contributed by atoms with Crippen LogP contribution in [0.5, 0.6) is 0 Å². The molecule has 162 valence electrons. The van der Waals surface area contributed by atoms with Crippen molar-refractivity contribution in [3.05, 3.63) is 12.2 Å². The van der Waals surface area contributed by atoms with Crippen molar-refractivity contribution < 1.29 is 19.8 Å². The summed E-state index contributed by atoms with van der Waals surface area (Å²) in [6.45, 7) is 2.67. The number of likely N-dealkylation sites (tertiary alicyclic amines) is 1. The van der Waals surface area contributed by atoms with Crippen molar-refractivity contribution in [3.8, 4) is 11.8 Å². The van der Waals surface area contributed by atoms with E-state index in [-0.39, 0.29) is 18.4 Å². The minimum atomic E-state index is -0.805. The molecule has 1 aliphatic carbocycles. The van der Waals surface area contributed by atoms with Gasteiger partial charge in [-0.1, -0.05) is 50.7 Å². The van der Waals surface area contributed by atoms with E-state index >= 15 is 0 Å². The van der Waals surface area contributed by atoms with Crippen LogP contribution in [0, 0.1) is 23.7 Å². The molecule has 1 saturated heterocycles. The number of amides is 1. The first-order chi connectivity index (χ1) is 14.0. The van der Waals surface area contributed by atoms with E-state index in [0.29, 0.717) is 31.7 Å². The Labute approximate surface area is 175 Å². The first-order valence-corrected chi connectivity index (χ1v) is 11.3. The van der Waals surface area contributed by atoms with Crippen molar-refractivity contribution in [2.45, 2.75) is 96.1 Å². The van der Waals surface area contributed by atoms with Crippen LogP contribution in [0.4, 0.5) is 0 Å². The molecule has 2 N–H and O–H groups in total. The van der Waals surface area contributed by atoms with E-state index in [4.69, 9.17) is 5.11 Å². The van der Waals surface area contributed by atoms with E-state index in [1.807, 2.05) is 17.1 Å². The van der Waals surface area contributed by atoms with Gasteiger partial charge in [-0.05, 0) is 43.9 Å². The van der Waals surface area contributed by atoms with E-state index in [1.165, 1.54) is 25.7 Å². The second kappa shape index (κ2) is 12.7. The Morgan fingerprint density at radius 1 is 1.24 bits per heavy atom. The first-order valence-electron chi connectivity index (χ1n) is 11.3. The monoisotopic (exact) mass is 403 g/mol. The van der Waals surface area contributed by atoms with Crippen LogP contribution in [0.2, 0.25) is 0 Å². The van der Waals surface area contributed by atoms with E-state index in [2.05, 4.69) is 18.8 Å². The summed E-state index contributed by atoms with van der Waals surface area (Å²) >= 11 is 0. The van der Waals surface area contributed by atoms with Crippen LogP contribution in [0.25, 0.3) is 0 Å². The zero-order valence-corrected chi connectivity index (χ0v) is 17.8. The number of rotatable bonds is 8. The lowest BCUT2D eigenvalue weighted by atomic mass is 9.80. The minimum Gasteiger partial charge on any atom is -0.481 e. The number of nitrogens with zero attached hydrogens (tertiary/aromatic N) is 1. The lowest BCUT2D eigenvalue weighted by molar-refractivity contribution is -0.137. The summed E-state index contributed by atoms with van der Waals surface area (Å²) in [5, 5.41) is 19.2. The lowest BCUT2D eigenvalue weighted by Crippen LogP contribution is -2.38. The van der Waals surface area contributed by atoms with Crippen LogP contribution < -0.4 is 0 Å². The Bertz CT molecular complexity index is 618. The molecule has 1 heterocycles. The van der Waals surface area contributed by atoms with Gasteiger partial charge in [0, 0.05) is 19.3 Å². The van der Waals surface area contributed by atoms with Crippen LogP contribution in [-0.4, -0.2) is 45.7 Å². The Kier molecular flexibility index (Phi) is 10.3. The second-order valence-electron chi connectivity index (χ2n) is 8.76. The third-order valence-electron chi connectivity index (χ3n) is 6.10. The molecule has 5 heteroatoms. The number of carboxylic acids is 1. The maximum Gasteiger partial charge on any atom is 0.303 e. The number of aliphatic carboxylic acids is 1. The van der Waals surface area contributed by atoms with E-state index in [0.717, 1.165) is 31.6 Å². The maximum absolute atomic E-state index is 12.5. The fourth-order valence-electron chi connectivity index (χ4n) is 4.53. The van der Waals surface area contributed by atoms with Gasteiger partial charge in [-0.3, -0.25) is 9.59 Å². The minimum absolute atomic E-state index is 0.0155. The Morgan fingerprint density at radius 2 is 2.07 bits per heavy atom. The van der Waals surface area contributed by atoms with E-state index < -0.39 is 12.1 Å². The second-order valence-corrected chi connectivity index (χ2v) is 8.76. The van der Waals surface area contributed by atoms with Crippen molar-refractivity contribution in [1.29, 1.82) is 0 Å². The summed E-state index contributed by atoms with van der Waals surface area (Å²) in [4.78, 5) is 24.9. The summed E-state index contributed by atoms with van der Waals surface area (Å²) < 4.78 is 0. The summed E-state index contributed by atoms with van der Waals surface area (Å²) in [6.07, 6.45) is 13.8. The molecule has 5 nitrogen and oxygen atoms in total. The molecule has 1 aliphatic heterocycles. The van der Waals surface area contributed by atoms with Gasteiger partial charge in [-0.25, -0.2) is 0 Å². The van der Waals surface area contributed by atoms with Gasteiger partial charge < -0.3 is 15.1 Å². The fourth-order valence-corrected chi connectivity index (χ4v) is 4.53. The van der Waals surface area contributed by atoms with Gasteiger partial charge in [-0.2, -0.15) is 0 Å². The largest absolute Gasteiger partial charge is 0.481 e. The van der Waals surface area contributed by atoms with Gasteiger partial charge in [-0.15, -0.1) is 5.92 Å². The Hall–Kier alpha value is -1.80. The Balaban J connectivity index is 1.88. The SMILES string of the molecule is CC1CCCC(CC(O)C=C[C@H]2CCCCC(=O)N2CC#CCCCC(=O)O)C1. The molecule has 29 heavy (non-hydrogen) atoms. The van der Waals surface area contributed by atoms with Gasteiger partial charge in [0.1, 0.15) is 0 Å². The molecule has 2 fully saturated rings. The predicted octanol–water partition coefficient (Wildman–Crippen LogP) is 4.15. The number of hydrogen-bond acceptors (Lipinski definition) is 3. The number of unbranched alkanes of at least 4 members (excludes halogenated alkanes) is 1.